The number of aliphatic hydroxyl groups is 1. The summed E-state index contributed by atoms with van der Waals surface area (Å²) in [5.41, 5.74) is 0.323. The minimum Gasteiger partial charge on any atom is -0.469 e. The molecule has 1 atom stereocenters. The summed E-state index contributed by atoms with van der Waals surface area (Å²) in [5, 5.41) is 9.79. The second-order valence-electron chi connectivity index (χ2n) is 4.21. The maximum absolute atomic E-state index is 13.4. The minimum atomic E-state index is -0.671. The van der Waals surface area contributed by atoms with Gasteiger partial charge in [-0.05, 0) is 30.2 Å². The molecule has 0 aliphatic rings. The molecular formula is C14H14F2O2. The van der Waals surface area contributed by atoms with Crippen LogP contribution in [-0.2, 0) is 12.8 Å². The van der Waals surface area contributed by atoms with E-state index in [0.717, 1.165) is 11.8 Å². The van der Waals surface area contributed by atoms with Gasteiger partial charge < -0.3 is 9.52 Å². The van der Waals surface area contributed by atoms with E-state index in [2.05, 4.69) is 0 Å². The standard InChI is InChI=1S/C14H14F2O2/c15-11-4-3-10(14(16)9-11)8-12(17)5-6-13-2-1-7-18-13/h1-4,7,9,12,17H,5-6,8H2. The molecule has 0 radical (unpaired) electrons. The molecule has 1 aromatic carbocycles. The molecule has 0 saturated carbocycles. The topological polar surface area (TPSA) is 33.4 Å². The molecule has 0 saturated heterocycles. The molecule has 0 fully saturated rings. The Morgan fingerprint density at radius 2 is 2.06 bits per heavy atom. The number of aliphatic hydroxyl groups excluding tert-OH is 1. The summed E-state index contributed by atoms with van der Waals surface area (Å²) < 4.78 is 31.2. The summed E-state index contributed by atoms with van der Waals surface area (Å²) in [6, 6.07) is 6.99. The molecule has 1 unspecified atom stereocenters. The Balaban J connectivity index is 1.88. The van der Waals surface area contributed by atoms with Crippen LogP contribution in [0.3, 0.4) is 0 Å². The Hall–Kier alpha value is -1.68. The number of benzene rings is 1. The van der Waals surface area contributed by atoms with Gasteiger partial charge in [-0.25, -0.2) is 8.78 Å². The Labute approximate surface area is 104 Å². The molecule has 4 heteroatoms. The Bertz CT molecular complexity index is 495. The zero-order valence-electron chi connectivity index (χ0n) is 9.77. The predicted molar refractivity (Wildman–Crippen MR) is 63.1 cm³/mol. The van der Waals surface area contributed by atoms with Gasteiger partial charge in [0, 0.05) is 18.9 Å². The maximum Gasteiger partial charge on any atom is 0.129 e. The van der Waals surface area contributed by atoms with Crippen molar-refractivity contribution in [2.24, 2.45) is 0 Å². The SMILES string of the molecule is OC(CCc1ccco1)Cc1ccc(F)cc1F. The fourth-order valence-electron chi connectivity index (χ4n) is 1.81. The maximum atomic E-state index is 13.4. The summed E-state index contributed by atoms with van der Waals surface area (Å²) in [6.45, 7) is 0. The van der Waals surface area contributed by atoms with Crippen LogP contribution in [0.1, 0.15) is 17.7 Å². The van der Waals surface area contributed by atoms with Crippen molar-refractivity contribution < 1.29 is 18.3 Å². The molecule has 2 aromatic rings. The van der Waals surface area contributed by atoms with E-state index in [9.17, 15) is 13.9 Å². The van der Waals surface area contributed by atoms with E-state index in [1.807, 2.05) is 6.07 Å². The van der Waals surface area contributed by atoms with Crippen molar-refractivity contribution >= 4 is 0 Å². The van der Waals surface area contributed by atoms with Crippen molar-refractivity contribution in [2.75, 3.05) is 0 Å². The molecule has 0 bridgehead atoms. The van der Waals surface area contributed by atoms with Gasteiger partial charge in [-0.2, -0.15) is 0 Å². The second kappa shape index (κ2) is 5.78. The van der Waals surface area contributed by atoms with Gasteiger partial charge in [0.2, 0.25) is 0 Å². The molecule has 0 aliphatic heterocycles. The van der Waals surface area contributed by atoms with E-state index in [1.165, 1.54) is 12.1 Å². The van der Waals surface area contributed by atoms with E-state index in [-0.39, 0.29) is 6.42 Å². The van der Waals surface area contributed by atoms with Gasteiger partial charge in [0.15, 0.2) is 0 Å². The fourth-order valence-corrected chi connectivity index (χ4v) is 1.81. The third-order valence-corrected chi connectivity index (χ3v) is 2.77. The van der Waals surface area contributed by atoms with E-state index >= 15 is 0 Å². The molecular weight excluding hydrogens is 238 g/mol. The van der Waals surface area contributed by atoms with Crippen molar-refractivity contribution in [1.29, 1.82) is 0 Å². The summed E-state index contributed by atoms with van der Waals surface area (Å²) in [6.07, 6.45) is 2.14. The van der Waals surface area contributed by atoms with Crippen LogP contribution < -0.4 is 0 Å². The quantitative estimate of drug-likeness (QED) is 0.887. The van der Waals surface area contributed by atoms with Crippen LogP contribution >= 0.6 is 0 Å². The third-order valence-electron chi connectivity index (χ3n) is 2.77. The molecule has 1 aromatic heterocycles. The van der Waals surface area contributed by atoms with E-state index < -0.39 is 17.7 Å². The van der Waals surface area contributed by atoms with Crippen LogP contribution in [0, 0.1) is 11.6 Å². The number of furan rings is 1. The number of hydrogen-bond acceptors (Lipinski definition) is 2. The summed E-state index contributed by atoms with van der Waals surface area (Å²) in [7, 11) is 0. The lowest BCUT2D eigenvalue weighted by molar-refractivity contribution is 0.161. The number of halogens is 2. The van der Waals surface area contributed by atoms with E-state index in [1.54, 1.807) is 12.3 Å². The van der Waals surface area contributed by atoms with Gasteiger partial charge in [0.05, 0.1) is 12.4 Å². The van der Waals surface area contributed by atoms with Crippen LogP contribution in [0.4, 0.5) is 8.78 Å². The second-order valence-corrected chi connectivity index (χ2v) is 4.21. The monoisotopic (exact) mass is 252 g/mol. The number of rotatable bonds is 5. The zero-order chi connectivity index (χ0) is 13.0. The lowest BCUT2D eigenvalue weighted by atomic mass is 10.0. The smallest absolute Gasteiger partial charge is 0.129 e. The predicted octanol–water partition coefficient (Wildman–Crippen LogP) is 3.09. The number of hydrogen-bond donors (Lipinski definition) is 1. The Kier molecular flexibility index (Phi) is 4.10. The molecule has 2 nitrogen and oxygen atoms in total. The fraction of sp³-hybridized carbons (Fsp3) is 0.286. The largest absolute Gasteiger partial charge is 0.469 e. The molecule has 0 spiro atoms. The van der Waals surface area contributed by atoms with Crippen molar-refractivity contribution in [2.45, 2.75) is 25.4 Å². The van der Waals surface area contributed by atoms with Gasteiger partial charge in [-0.1, -0.05) is 6.07 Å². The Morgan fingerprint density at radius 3 is 2.72 bits per heavy atom. The highest BCUT2D eigenvalue weighted by atomic mass is 19.1. The van der Waals surface area contributed by atoms with E-state index in [4.69, 9.17) is 4.42 Å². The van der Waals surface area contributed by atoms with Gasteiger partial charge in [0.25, 0.3) is 0 Å². The highest BCUT2D eigenvalue weighted by Gasteiger charge is 2.11. The highest BCUT2D eigenvalue weighted by Crippen LogP contribution is 2.14. The lowest BCUT2D eigenvalue weighted by Crippen LogP contribution is -2.12. The minimum absolute atomic E-state index is 0.173. The summed E-state index contributed by atoms with van der Waals surface area (Å²) in [5.74, 6) is -0.443. The van der Waals surface area contributed by atoms with Crippen LogP contribution in [0.2, 0.25) is 0 Å². The molecule has 1 N–H and O–H groups in total. The van der Waals surface area contributed by atoms with Crippen LogP contribution in [0.25, 0.3) is 0 Å². The molecule has 0 amide bonds. The molecule has 0 aliphatic carbocycles. The van der Waals surface area contributed by atoms with Crippen molar-refractivity contribution in [3.63, 3.8) is 0 Å². The van der Waals surface area contributed by atoms with E-state index in [0.29, 0.717) is 18.4 Å². The van der Waals surface area contributed by atoms with Crippen LogP contribution in [0.5, 0.6) is 0 Å². The van der Waals surface area contributed by atoms with Gasteiger partial charge >= 0.3 is 0 Å². The van der Waals surface area contributed by atoms with Crippen molar-refractivity contribution in [1.82, 2.24) is 0 Å². The van der Waals surface area contributed by atoms with Crippen LogP contribution in [0.15, 0.2) is 41.0 Å². The number of aryl methyl sites for hydroxylation is 1. The normalized spacial score (nSPS) is 12.6. The van der Waals surface area contributed by atoms with Crippen LogP contribution in [-0.4, -0.2) is 11.2 Å². The highest BCUT2D eigenvalue weighted by molar-refractivity contribution is 5.19. The first-order valence-corrected chi connectivity index (χ1v) is 5.79. The third kappa shape index (κ3) is 3.40. The van der Waals surface area contributed by atoms with Crippen molar-refractivity contribution in [3.05, 3.63) is 59.6 Å². The molecule has 18 heavy (non-hydrogen) atoms. The van der Waals surface area contributed by atoms with Crippen molar-refractivity contribution in [3.8, 4) is 0 Å². The average Bonchev–Trinajstić information content (AvgIpc) is 2.83. The summed E-state index contributed by atoms with van der Waals surface area (Å²) in [4.78, 5) is 0. The summed E-state index contributed by atoms with van der Waals surface area (Å²) >= 11 is 0. The molecule has 1 heterocycles. The van der Waals surface area contributed by atoms with Gasteiger partial charge in [-0.15, -0.1) is 0 Å². The van der Waals surface area contributed by atoms with Gasteiger partial charge in [0.1, 0.15) is 17.4 Å². The average molecular weight is 252 g/mol. The molecule has 96 valence electrons. The lowest BCUT2D eigenvalue weighted by Gasteiger charge is -2.10. The van der Waals surface area contributed by atoms with Gasteiger partial charge in [-0.3, -0.25) is 0 Å². The first-order valence-electron chi connectivity index (χ1n) is 5.79. The first-order chi connectivity index (χ1) is 8.65. The molecule has 2 rings (SSSR count). The Morgan fingerprint density at radius 1 is 1.22 bits per heavy atom. The zero-order valence-corrected chi connectivity index (χ0v) is 9.77. The first kappa shape index (κ1) is 12.8.